The lowest BCUT2D eigenvalue weighted by atomic mass is 10.2. The fraction of sp³-hybridized carbons (Fsp3) is 0.333. The summed E-state index contributed by atoms with van der Waals surface area (Å²) >= 11 is 0. The lowest BCUT2D eigenvalue weighted by Gasteiger charge is -2.11. The molecule has 3 N–H and O–H groups in total. The monoisotopic (exact) mass is 348 g/mol. The van der Waals surface area contributed by atoms with Crippen molar-refractivity contribution in [2.45, 2.75) is 32.9 Å². The first-order valence-electron chi connectivity index (χ1n) is 8.07. The second-order valence-corrected chi connectivity index (χ2v) is 5.51. The predicted octanol–water partition coefficient (Wildman–Crippen LogP) is 2.12. The highest BCUT2D eigenvalue weighted by Gasteiger charge is 2.17. The van der Waals surface area contributed by atoms with Crippen LogP contribution in [-0.2, 0) is 13.2 Å². The highest BCUT2D eigenvalue weighted by molar-refractivity contribution is 5.94. The third-order valence-electron chi connectivity index (χ3n) is 3.63. The van der Waals surface area contributed by atoms with E-state index in [1.807, 2.05) is 6.92 Å². The number of carbonyl (C=O) groups excluding carboxylic acids is 1. The molecular weight excluding hydrogens is 327 g/mol. The van der Waals surface area contributed by atoms with Crippen molar-refractivity contribution < 1.29 is 19.0 Å². The summed E-state index contributed by atoms with van der Waals surface area (Å²) < 4.78 is 18.3. The summed E-state index contributed by atoms with van der Waals surface area (Å²) in [6, 6.07) is 5.69. The third-order valence-corrected chi connectivity index (χ3v) is 3.63. The van der Waals surface area contributed by atoms with Crippen molar-refractivity contribution in [2.75, 3.05) is 6.61 Å². The molecule has 0 bridgehead atoms. The van der Waals surface area contributed by atoms with E-state index >= 15 is 0 Å². The molecule has 0 aliphatic rings. The Morgan fingerprint density at radius 1 is 1.32 bits per heavy atom. The Morgan fingerprint density at radius 3 is 2.68 bits per heavy atom. The first-order valence-corrected chi connectivity index (χ1v) is 8.07. The van der Waals surface area contributed by atoms with Crippen LogP contribution in [0.5, 0.6) is 5.75 Å². The van der Waals surface area contributed by atoms with Crippen molar-refractivity contribution in [3.63, 3.8) is 0 Å². The van der Waals surface area contributed by atoms with Gasteiger partial charge in [-0.3, -0.25) is 9.59 Å². The number of pyridine rings is 1. The minimum absolute atomic E-state index is 0.0367. The van der Waals surface area contributed by atoms with E-state index in [4.69, 9.17) is 4.74 Å². The zero-order valence-corrected chi connectivity index (χ0v) is 14.0. The molecule has 1 aromatic heterocycles. The number of hydrogen-bond donors (Lipinski definition) is 3. The number of nitrogens with one attached hydrogen (secondary N) is 2. The van der Waals surface area contributed by atoms with Crippen molar-refractivity contribution >= 4 is 5.91 Å². The van der Waals surface area contributed by atoms with E-state index in [9.17, 15) is 19.1 Å². The maximum Gasteiger partial charge on any atom is 0.257 e. The lowest BCUT2D eigenvalue weighted by molar-refractivity contribution is 0.0948. The minimum Gasteiger partial charge on any atom is -0.488 e. The zero-order valence-electron chi connectivity index (χ0n) is 14.0. The largest absolute Gasteiger partial charge is 0.488 e. The molecule has 0 fully saturated rings. The van der Waals surface area contributed by atoms with Gasteiger partial charge < -0.3 is 20.1 Å². The van der Waals surface area contributed by atoms with E-state index in [1.54, 1.807) is 12.1 Å². The number of amides is 1. The SMILES string of the molecule is CCCCOc1c(CO)[nH]cc(C(=O)NCc2ccc(F)cc2)c1=O. The van der Waals surface area contributed by atoms with Crippen LogP contribution in [0.4, 0.5) is 4.39 Å². The maximum atomic E-state index is 12.9. The average molecular weight is 348 g/mol. The van der Waals surface area contributed by atoms with Crippen LogP contribution in [0.3, 0.4) is 0 Å². The Hall–Kier alpha value is -2.67. The minimum atomic E-state index is -0.574. The van der Waals surface area contributed by atoms with E-state index < -0.39 is 17.9 Å². The summed E-state index contributed by atoms with van der Waals surface area (Å²) in [6.07, 6.45) is 2.90. The van der Waals surface area contributed by atoms with Crippen LogP contribution in [0.2, 0.25) is 0 Å². The number of benzene rings is 1. The molecule has 7 heteroatoms. The first-order chi connectivity index (χ1) is 12.1. The number of carbonyl (C=O) groups is 1. The van der Waals surface area contributed by atoms with E-state index in [0.29, 0.717) is 12.2 Å². The van der Waals surface area contributed by atoms with Crippen molar-refractivity contribution in [3.05, 3.63) is 63.3 Å². The average Bonchev–Trinajstić information content (AvgIpc) is 2.62. The van der Waals surface area contributed by atoms with E-state index in [1.165, 1.54) is 18.3 Å². The Kier molecular flexibility index (Phi) is 6.71. The molecule has 0 saturated carbocycles. The van der Waals surface area contributed by atoms with Crippen LogP contribution in [0.25, 0.3) is 0 Å². The van der Waals surface area contributed by atoms with Gasteiger partial charge in [0.15, 0.2) is 5.75 Å². The number of hydrogen-bond acceptors (Lipinski definition) is 4. The second-order valence-electron chi connectivity index (χ2n) is 5.51. The van der Waals surface area contributed by atoms with Gasteiger partial charge in [0.05, 0.1) is 18.9 Å². The molecule has 25 heavy (non-hydrogen) atoms. The fourth-order valence-electron chi connectivity index (χ4n) is 2.19. The number of aromatic amines is 1. The quantitative estimate of drug-likeness (QED) is 0.637. The van der Waals surface area contributed by atoms with Gasteiger partial charge in [-0.2, -0.15) is 0 Å². The molecule has 6 nitrogen and oxygen atoms in total. The van der Waals surface area contributed by atoms with Gasteiger partial charge >= 0.3 is 0 Å². The number of aromatic nitrogens is 1. The van der Waals surface area contributed by atoms with Gasteiger partial charge in [0.2, 0.25) is 5.43 Å². The zero-order chi connectivity index (χ0) is 18.2. The van der Waals surface area contributed by atoms with Crippen molar-refractivity contribution in [3.8, 4) is 5.75 Å². The number of H-pyrrole nitrogens is 1. The van der Waals surface area contributed by atoms with Gasteiger partial charge in [-0.1, -0.05) is 25.5 Å². The normalized spacial score (nSPS) is 10.5. The molecule has 2 aromatic rings. The second kappa shape index (κ2) is 8.98. The van der Waals surface area contributed by atoms with E-state index in [2.05, 4.69) is 10.3 Å². The van der Waals surface area contributed by atoms with Gasteiger partial charge in [0.25, 0.3) is 5.91 Å². The molecule has 1 heterocycles. The molecule has 2 rings (SSSR count). The van der Waals surface area contributed by atoms with Crippen LogP contribution >= 0.6 is 0 Å². The van der Waals surface area contributed by atoms with Crippen LogP contribution in [0.15, 0.2) is 35.3 Å². The van der Waals surface area contributed by atoms with Gasteiger partial charge in [-0.15, -0.1) is 0 Å². The number of halogens is 1. The van der Waals surface area contributed by atoms with Crippen molar-refractivity contribution in [1.82, 2.24) is 10.3 Å². The van der Waals surface area contributed by atoms with Crippen LogP contribution < -0.4 is 15.5 Å². The smallest absolute Gasteiger partial charge is 0.257 e. The highest BCUT2D eigenvalue weighted by Crippen LogP contribution is 2.12. The molecule has 1 aromatic carbocycles. The molecule has 134 valence electrons. The number of aliphatic hydroxyl groups excluding tert-OH is 1. The molecule has 0 aliphatic carbocycles. The van der Waals surface area contributed by atoms with Gasteiger partial charge in [-0.05, 0) is 24.1 Å². The molecule has 0 saturated heterocycles. The number of rotatable bonds is 8. The number of ether oxygens (including phenoxy) is 1. The molecule has 0 spiro atoms. The molecule has 0 radical (unpaired) electrons. The Balaban J connectivity index is 2.14. The number of aliphatic hydroxyl groups is 1. The highest BCUT2D eigenvalue weighted by atomic mass is 19.1. The molecular formula is C18H21FN2O4. The van der Waals surface area contributed by atoms with E-state index in [-0.39, 0.29) is 29.4 Å². The van der Waals surface area contributed by atoms with Gasteiger partial charge in [0, 0.05) is 12.7 Å². The Bertz CT molecular complexity index is 772. The lowest BCUT2D eigenvalue weighted by Crippen LogP contribution is -2.29. The summed E-state index contributed by atoms with van der Waals surface area (Å²) in [4.78, 5) is 27.5. The van der Waals surface area contributed by atoms with Crippen molar-refractivity contribution in [2.24, 2.45) is 0 Å². The molecule has 1 amide bonds. The van der Waals surface area contributed by atoms with Gasteiger partial charge in [0.1, 0.15) is 11.4 Å². The van der Waals surface area contributed by atoms with Crippen LogP contribution in [-0.4, -0.2) is 22.6 Å². The molecule has 0 unspecified atom stereocenters. The summed E-state index contributed by atoms with van der Waals surface area (Å²) in [5.74, 6) is -0.972. The standard InChI is InChI=1S/C18H21FN2O4/c1-2-3-8-25-17-15(11-22)20-10-14(16(17)23)18(24)21-9-12-4-6-13(19)7-5-12/h4-7,10,22H,2-3,8-9,11H2,1H3,(H,20,23)(H,21,24). The molecule has 0 atom stereocenters. The third kappa shape index (κ3) is 4.90. The Labute approximate surface area is 144 Å². The molecule has 0 aliphatic heterocycles. The predicted molar refractivity (Wildman–Crippen MR) is 91.0 cm³/mol. The van der Waals surface area contributed by atoms with Crippen molar-refractivity contribution in [1.29, 1.82) is 0 Å². The van der Waals surface area contributed by atoms with E-state index in [0.717, 1.165) is 12.8 Å². The number of unbranched alkanes of at least 4 members (excludes halogenated alkanes) is 1. The maximum absolute atomic E-state index is 12.9. The summed E-state index contributed by atoms with van der Waals surface area (Å²) in [7, 11) is 0. The van der Waals surface area contributed by atoms with Crippen LogP contribution in [0.1, 0.15) is 41.4 Å². The van der Waals surface area contributed by atoms with Gasteiger partial charge in [-0.25, -0.2) is 4.39 Å². The first kappa shape index (κ1) is 18.7. The van der Waals surface area contributed by atoms with Crippen LogP contribution in [0, 0.1) is 5.82 Å². The summed E-state index contributed by atoms with van der Waals surface area (Å²) in [5.41, 5.74) is 0.259. The topological polar surface area (TPSA) is 91.4 Å². The Morgan fingerprint density at radius 2 is 2.04 bits per heavy atom. The summed E-state index contributed by atoms with van der Waals surface area (Å²) in [6.45, 7) is 2.08. The summed E-state index contributed by atoms with van der Waals surface area (Å²) in [5, 5.41) is 11.9. The fourth-order valence-corrected chi connectivity index (χ4v) is 2.19.